The summed E-state index contributed by atoms with van der Waals surface area (Å²) in [4.78, 5) is 8.45. The summed E-state index contributed by atoms with van der Waals surface area (Å²) in [6.45, 7) is 0. The molecule has 112 valence electrons. The first kappa shape index (κ1) is 13.8. The maximum Gasteiger partial charge on any atom is 0.186 e. The molecule has 4 heterocycles. The molecule has 0 fully saturated rings. The van der Waals surface area contributed by atoms with E-state index in [0.29, 0.717) is 11.5 Å². The van der Waals surface area contributed by atoms with E-state index in [9.17, 15) is 0 Å². The van der Waals surface area contributed by atoms with Crippen LogP contribution in [-0.4, -0.2) is 29.8 Å². The molecular weight excluding hydrogens is 308 g/mol. The van der Waals surface area contributed by atoms with Gasteiger partial charge in [0.05, 0.1) is 5.69 Å². The highest BCUT2D eigenvalue weighted by Crippen LogP contribution is 2.22. The van der Waals surface area contributed by atoms with Crippen LogP contribution in [0.25, 0.3) is 17.0 Å². The number of hydrogen-bond donors (Lipinski definition) is 0. The molecule has 0 amide bonds. The van der Waals surface area contributed by atoms with Gasteiger partial charge in [-0.05, 0) is 36.4 Å². The molecule has 0 aliphatic heterocycles. The van der Waals surface area contributed by atoms with Gasteiger partial charge in [-0.2, -0.15) is 9.61 Å². The minimum Gasteiger partial charge on any atom is -0.264 e. The van der Waals surface area contributed by atoms with Gasteiger partial charge < -0.3 is 0 Å². The highest BCUT2D eigenvalue weighted by molar-refractivity contribution is 7.98. The molecule has 7 heteroatoms. The summed E-state index contributed by atoms with van der Waals surface area (Å²) in [5, 5.41) is 13.9. The number of rotatable bonds is 4. The molecule has 0 aromatic carbocycles. The molecule has 0 bridgehead atoms. The van der Waals surface area contributed by atoms with Crippen molar-refractivity contribution in [2.75, 3.05) is 0 Å². The van der Waals surface area contributed by atoms with Gasteiger partial charge >= 0.3 is 0 Å². The number of nitrogens with zero attached hydrogens (tertiary/aromatic N) is 6. The van der Waals surface area contributed by atoms with Crippen LogP contribution in [0.3, 0.4) is 0 Å². The Kier molecular flexibility index (Phi) is 3.69. The van der Waals surface area contributed by atoms with Gasteiger partial charge in [0.2, 0.25) is 0 Å². The van der Waals surface area contributed by atoms with Crippen LogP contribution in [0.15, 0.2) is 66.1 Å². The van der Waals surface area contributed by atoms with E-state index in [1.165, 1.54) is 0 Å². The molecule has 0 radical (unpaired) electrons. The summed E-state index contributed by atoms with van der Waals surface area (Å²) in [7, 11) is 0. The SMILES string of the molecule is c1ccc(CSc2ccc3nnc(-c4cccnc4)n3n2)nc1. The van der Waals surface area contributed by atoms with Crippen molar-refractivity contribution in [3.05, 3.63) is 66.7 Å². The molecule has 4 aromatic rings. The lowest BCUT2D eigenvalue weighted by atomic mass is 10.3. The van der Waals surface area contributed by atoms with Gasteiger partial charge in [0.1, 0.15) is 5.03 Å². The molecule has 23 heavy (non-hydrogen) atoms. The van der Waals surface area contributed by atoms with Gasteiger partial charge in [-0.1, -0.05) is 17.8 Å². The topological polar surface area (TPSA) is 68.9 Å². The van der Waals surface area contributed by atoms with E-state index < -0.39 is 0 Å². The van der Waals surface area contributed by atoms with Crippen molar-refractivity contribution in [2.45, 2.75) is 10.8 Å². The Morgan fingerprint density at radius 3 is 2.78 bits per heavy atom. The van der Waals surface area contributed by atoms with E-state index in [-0.39, 0.29) is 0 Å². The third-order valence-corrected chi connectivity index (χ3v) is 4.21. The van der Waals surface area contributed by atoms with Crippen molar-refractivity contribution < 1.29 is 0 Å². The lowest BCUT2D eigenvalue weighted by Gasteiger charge is -2.03. The largest absolute Gasteiger partial charge is 0.264 e. The summed E-state index contributed by atoms with van der Waals surface area (Å²) in [5.41, 5.74) is 2.63. The summed E-state index contributed by atoms with van der Waals surface area (Å²) in [5.74, 6) is 1.46. The average Bonchev–Trinajstić information content (AvgIpc) is 3.05. The number of thioether (sulfide) groups is 1. The number of fused-ring (bicyclic) bond motifs is 1. The van der Waals surface area contributed by atoms with Gasteiger partial charge in [0.25, 0.3) is 0 Å². The van der Waals surface area contributed by atoms with Crippen LogP contribution in [0.4, 0.5) is 0 Å². The summed E-state index contributed by atoms with van der Waals surface area (Å²) in [6.07, 6.45) is 5.28. The Bertz CT molecular complexity index is 923. The maximum absolute atomic E-state index is 4.63. The second-order valence-corrected chi connectivity index (χ2v) is 5.81. The molecular formula is C16H12N6S. The molecule has 4 aromatic heterocycles. The van der Waals surface area contributed by atoms with Gasteiger partial charge in [0, 0.05) is 29.9 Å². The van der Waals surface area contributed by atoms with Crippen LogP contribution in [0, 0.1) is 0 Å². The van der Waals surface area contributed by atoms with Crippen molar-refractivity contribution >= 4 is 17.4 Å². The molecule has 0 saturated heterocycles. The number of hydrogen-bond acceptors (Lipinski definition) is 6. The predicted molar refractivity (Wildman–Crippen MR) is 87.8 cm³/mol. The first-order valence-corrected chi connectivity index (χ1v) is 8.04. The molecule has 0 aliphatic rings. The second-order valence-electron chi connectivity index (χ2n) is 4.82. The highest BCUT2D eigenvalue weighted by atomic mass is 32.2. The quantitative estimate of drug-likeness (QED) is 0.539. The van der Waals surface area contributed by atoms with E-state index in [0.717, 1.165) is 22.0 Å². The second kappa shape index (κ2) is 6.13. The minimum absolute atomic E-state index is 0.688. The Morgan fingerprint density at radius 2 is 1.96 bits per heavy atom. The van der Waals surface area contributed by atoms with E-state index in [4.69, 9.17) is 0 Å². The summed E-state index contributed by atoms with van der Waals surface area (Å²) in [6, 6.07) is 13.6. The third-order valence-electron chi connectivity index (χ3n) is 3.25. The first-order chi connectivity index (χ1) is 11.4. The van der Waals surface area contributed by atoms with Crippen LogP contribution >= 0.6 is 11.8 Å². The fourth-order valence-electron chi connectivity index (χ4n) is 2.16. The molecule has 0 saturated carbocycles. The molecule has 0 N–H and O–H groups in total. The standard InChI is InChI=1S/C16H12N6S/c1-2-9-18-13(5-1)11-23-15-7-6-14-19-20-16(22(14)21-15)12-4-3-8-17-10-12/h1-10H,11H2. The molecule has 0 atom stereocenters. The van der Waals surface area contributed by atoms with E-state index in [1.807, 2.05) is 42.5 Å². The summed E-state index contributed by atoms with van der Waals surface area (Å²) >= 11 is 1.63. The van der Waals surface area contributed by atoms with E-state index >= 15 is 0 Å². The van der Waals surface area contributed by atoms with Crippen molar-refractivity contribution in [3.63, 3.8) is 0 Å². The first-order valence-electron chi connectivity index (χ1n) is 7.06. The normalized spacial score (nSPS) is 11.0. The van der Waals surface area contributed by atoms with Crippen molar-refractivity contribution in [3.8, 4) is 11.4 Å². The van der Waals surface area contributed by atoms with Crippen molar-refractivity contribution in [1.29, 1.82) is 0 Å². The Morgan fingerprint density at radius 1 is 0.957 bits per heavy atom. The maximum atomic E-state index is 4.63. The monoisotopic (exact) mass is 320 g/mol. The number of aromatic nitrogens is 6. The Hall–Kier alpha value is -2.80. The lowest BCUT2D eigenvalue weighted by Crippen LogP contribution is -1.97. The zero-order chi connectivity index (χ0) is 15.5. The van der Waals surface area contributed by atoms with Gasteiger partial charge in [0.15, 0.2) is 11.5 Å². The Balaban J connectivity index is 1.65. The van der Waals surface area contributed by atoms with Crippen LogP contribution in [0.1, 0.15) is 5.69 Å². The van der Waals surface area contributed by atoms with Crippen LogP contribution in [0.2, 0.25) is 0 Å². The fraction of sp³-hybridized carbons (Fsp3) is 0.0625. The smallest absolute Gasteiger partial charge is 0.186 e. The van der Waals surface area contributed by atoms with Crippen LogP contribution < -0.4 is 0 Å². The zero-order valence-electron chi connectivity index (χ0n) is 12.1. The van der Waals surface area contributed by atoms with Gasteiger partial charge in [-0.25, -0.2) is 0 Å². The number of pyridine rings is 2. The van der Waals surface area contributed by atoms with Crippen LogP contribution in [-0.2, 0) is 5.75 Å². The highest BCUT2D eigenvalue weighted by Gasteiger charge is 2.10. The van der Waals surface area contributed by atoms with Crippen molar-refractivity contribution in [1.82, 2.24) is 29.8 Å². The lowest BCUT2D eigenvalue weighted by molar-refractivity contribution is 0.859. The minimum atomic E-state index is 0.688. The molecule has 6 nitrogen and oxygen atoms in total. The molecule has 0 unspecified atom stereocenters. The Labute approximate surface area is 136 Å². The summed E-state index contributed by atoms with van der Waals surface area (Å²) < 4.78 is 1.75. The average molecular weight is 320 g/mol. The fourth-order valence-corrected chi connectivity index (χ4v) is 2.93. The zero-order valence-corrected chi connectivity index (χ0v) is 12.9. The van der Waals surface area contributed by atoms with E-state index in [2.05, 4.69) is 25.3 Å². The third kappa shape index (κ3) is 2.91. The molecule has 4 rings (SSSR count). The van der Waals surface area contributed by atoms with E-state index in [1.54, 1.807) is 34.9 Å². The predicted octanol–water partition coefficient (Wildman–Crippen LogP) is 2.87. The van der Waals surface area contributed by atoms with Crippen molar-refractivity contribution in [2.24, 2.45) is 0 Å². The van der Waals surface area contributed by atoms with Gasteiger partial charge in [-0.15, -0.1) is 10.2 Å². The molecule has 0 spiro atoms. The van der Waals surface area contributed by atoms with Crippen LogP contribution in [0.5, 0.6) is 0 Å². The molecule has 0 aliphatic carbocycles. The van der Waals surface area contributed by atoms with Gasteiger partial charge in [-0.3, -0.25) is 9.97 Å².